The van der Waals surface area contributed by atoms with E-state index >= 15 is 0 Å². The Bertz CT molecular complexity index is 667. The highest BCUT2D eigenvalue weighted by atomic mass is 16.5. The van der Waals surface area contributed by atoms with Crippen molar-refractivity contribution in [1.29, 1.82) is 0 Å². The molecule has 1 heterocycles. The van der Waals surface area contributed by atoms with E-state index < -0.39 is 5.97 Å². The molecule has 2 rings (SSSR count). The molecule has 2 aromatic rings. The number of nitrogens with zero attached hydrogens (tertiary/aromatic N) is 3. The molecule has 0 fully saturated rings. The van der Waals surface area contributed by atoms with Crippen LogP contribution in [0.3, 0.4) is 0 Å². The van der Waals surface area contributed by atoms with Crippen LogP contribution in [0.5, 0.6) is 5.75 Å². The number of aromatic amines is 1. The molecule has 0 aliphatic carbocycles. The molecule has 0 saturated heterocycles. The highest BCUT2D eigenvalue weighted by Crippen LogP contribution is 2.28. The molecule has 1 N–H and O–H groups in total. The average Bonchev–Trinajstić information content (AvgIpc) is 2.98. The van der Waals surface area contributed by atoms with E-state index in [2.05, 4.69) is 20.3 Å². The molecule has 23 heavy (non-hydrogen) atoms. The Morgan fingerprint density at radius 3 is 2.65 bits per heavy atom. The number of H-pyrrole nitrogens is 1. The second-order valence-electron chi connectivity index (χ2n) is 5.23. The van der Waals surface area contributed by atoms with Crippen LogP contribution in [0.25, 0.3) is 11.3 Å². The maximum atomic E-state index is 12.0. The summed E-state index contributed by atoms with van der Waals surface area (Å²) in [5.41, 5.74) is 2.48. The van der Waals surface area contributed by atoms with Crippen LogP contribution < -0.4 is 4.74 Å². The van der Waals surface area contributed by atoms with Gasteiger partial charge in [-0.05, 0) is 46.1 Å². The summed E-state index contributed by atoms with van der Waals surface area (Å²) in [7, 11) is 3.98. The van der Waals surface area contributed by atoms with Gasteiger partial charge >= 0.3 is 5.97 Å². The fourth-order valence-corrected chi connectivity index (χ4v) is 2.26. The molecule has 0 unspecified atom stereocenters. The first-order valence-corrected chi connectivity index (χ1v) is 7.55. The van der Waals surface area contributed by atoms with Crippen LogP contribution in [0.4, 0.5) is 0 Å². The van der Waals surface area contributed by atoms with Crippen molar-refractivity contribution in [3.63, 3.8) is 0 Å². The highest BCUT2D eigenvalue weighted by molar-refractivity contribution is 5.94. The first-order valence-electron chi connectivity index (χ1n) is 7.55. The van der Waals surface area contributed by atoms with Crippen LogP contribution in [0, 0.1) is 0 Å². The molecule has 0 amide bonds. The van der Waals surface area contributed by atoms with Crippen molar-refractivity contribution in [2.24, 2.45) is 0 Å². The zero-order valence-corrected chi connectivity index (χ0v) is 13.9. The summed E-state index contributed by atoms with van der Waals surface area (Å²) in [5.74, 6) is 0.338. The van der Waals surface area contributed by atoms with Crippen molar-refractivity contribution in [1.82, 2.24) is 20.3 Å². The molecule has 1 aromatic carbocycles. The molecular weight excluding hydrogens is 296 g/mol. The molecule has 0 aliphatic heterocycles. The summed E-state index contributed by atoms with van der Waals surface area (Å²) in [6.45, 7) is 5.31. The summed E-state index contributed by atoms with van der Waals surface area (Å²) in [5, 5.41) is 10.5. The quantitative estimate of drug-likeness (QED) is 0.788. The Labute approximate surface area is 135 Å². The smallest absolute Gasteiger partial charge is 0.361 e. The lowest BCUT2D eigenvalue weighted by molar-refractivity contribution is 0.0520. The van der Waals surface area contributed by atoms with Gasteiger partial charge < -0.3 is 14.4 Å². The van der Waals surface area contributed by atoms with Crippen molar-refractivity contribution < 1.29 is 14.3 Å². The standard InChI is InChI=1S/C16H22N4O3/c1-5-22-13-8-7-11(9-12(13)10-20(3)4)14-15(18-19-17-14)16(21)23-6-2/h7-9H,5-6,10H2,1-4H3,(H,17,18,19). The van der Waals surface area contributed by atoms with Crippen LogP contribution in [0.2, 0.25) is 0 Å². The van der Waals surface area contributed by atoms with Gasteiger partial charge in [0, 0.05) is 17.7 Å². The van der Waals surface area contributed by atoms with Crippen molar-refractivity contribution in [3.05, 3.63) is 29.5 Å². The number of hydrogen-bond donors (Lipinski definition) is 1. The average molecular weight is 318 g/mol. The van der Waals surface area contributed by atoms with E-state index in [1.54, 1.807) is 6.92 Å². The lowest BCUT2D eigenvalue weighted by Gasteiger charge is -2.15. The van der Waals surface area contributed by atoms with Gasteiger partial charge in [0.2, 0.25) is 0 Å². The number of hydrogen-bond acceptors (Lipinski definition) is 6. The molecule has 7 heteroatoms. The molecule has 0 saturated carbocycles. The number of rotatable bonds is 7. The first kappa shape index (κ1) is 17.0. The number of ether oxygens (including phenoxy) is 2. The van der Waals surface area contributed by atoms with Crippen LogP contribution >= 0.6 is 0 Å². The Hall–Kier alpha value is -2.41. The molecular formula is C16H22N4O3. The maximum absolute atomic E-state index is 12.0. The number of esters is 1. The fourth-order valence-electron chi connectivity index (χ4n) is 2.26. The van der Waals surface area contributed by atoms with Gasteiger partial charge in [0.05, 0.1) is 13.2 Å². The van der Waals surface area contributed by atoms with Gasteiger partial charge in [-0.15, -0.1) is 5.10 Å². The van der Waals surface area contributed by atoms with E-state index in [9.17, 15) is 4.79 Å². The topological polar surface area (TPSA) is 80.3 Å². The Morgan fingerprint density at radius 2 is 2.00 bits per heavy atom. The molecule has 0 bridgehead atoms. The Morgan fingerprint density at radius 1 is 1.22 bits per heavy atom. The Balaban J connectivity index is 2.40. The van der Waals surface area contributed by atoms with Crippen molar-refractivity contribution in [3.8, 4) is 17.0 Å². The number of benzene rings is 1. The summed E-state index contributed by atoms with van der Waals surface area (Å²) in [6.07, 6.45) is 0. The van der Waals surface area contributed by atoms with E-state index in [0.717, 1.165) is 23.4 Å². The summed E-state index contributed by atoms with van der Waals surface area (Å²) in [6, 6.07) is 5.72. The van der Waals surface area contributed by atoms with Gasteiger partial charge in [-0.2, -0.15) is 10.3 Å². The van der Waals surface area contributed by atoms with E-state index in [-0.39, 0.29) is 5.69 Å². The molecule has 7 nitrogen and oxygen atoms in total. The van der Waals surface area contributed by atoms with Gasteiger partial charge in [-0.1, -0.05) is 0 Å². The van der Waals surface area contributed by atoms with Crippen LogP contribution in [0.15, 0.2) is 18.2 Å². The minimum atomic E-state index is -0.487. The third-order valence-corrected chi connectivity index (χ3v) is 3.14. The van der Waals surface area contributed by atoms with Gasteiger partial charge in [0.25, 0.3) is 0 Å². The Kier molecular flexibility index (Phi) is 5.70. The zero-order chi connectivity index (χ0) is 16.8. The molecule has 0 aliphatic rings. The van der Waals surface area contributed by atoms with Gasteiger partial charge in [0.1, 0.15) is 11.4 Å². The lowest BCUT2D eigenvalue weighted by atomic mass is 10.1. The van der Waals surface area contributed by atoms with Crippen molar-refractivity contribution in [2.45, 2.75) is 20.4 Å². The normalized spacial score (nSPS) is 10.8. The summed E-state index contributed by atoms with van der Waals surface area (Å²) in [4.78, 5) is 14.0. The predicted molar refractivity (Wildman–Crippen MR) is 86.3 cm³/mol. The molecule has 0 radical (unpaired) electrons. The molecule has 0 atom stereocenters. The van der Waals surface area contributed by atoms with E-state index in [4.69, 9.17) is 9.47 Å². The lowest BCUT2D eigenvalue weighted by Crippen LogP contribution is -2.12. The largest absolute Gasteiger partial charge is 0.494 e. The third-order valence-electron chi connectivity index (χ3n) is 3.14. The van der Waals surface area contributed by atoms with E-state index in [1.165, 1.54) is 0 Å². The highest BCUT2D eigenvalue weighted by Gasteiger charge is 2.20. The number of nitrogens with one attached hydrogen (secondary N) is 1. The van der Waals surface area contributed by atoms with Crippen molar-refractivity contribution >= 4 is 5.97 Å². The van der Waals surface area contributed by atoms with Gasteiger partial charge in [-0.25, -0.2) is 4.79 Å². The first-order chi connectivity index (χ1) is 11.1. The number of carbonyl (C=O) groups excluding carboxylic acids is 1. The maximum Gasteiger partial charge on any atom is 0.361 e. The predicted octanol–water partition coefficient (Wildman–Crippen LogP) is 2.11. The minimum absolute atomic E-state index is 0.187. The fraction of sp³-hybridized carbons (Fsp3) is 0.438. The molecule has 1 aromatic heterocycles. The van der Waals surface area contributed by atoms with Gasteiger partial charge in [-0.3, -0.25) is 0 Å². The van der Waals surface area contributed by atoms with E-state index in [1.807, 2.05) is 39.2 Å². The summed E-state index contributed by atoms with van der Waals surface area (Å²) < 4.78 is 10.7. The van der Waals surface area contributed by atoms with Crippen LogP contribution in [-0.4, -0.2) is 53.6 Å². The number of aromatic nitrogens is 3. The zero-order valence-electron chi connectivity index (χ0n) is 13.9. The summed E-state index contributed by atoms with van der Waals surface area (Å²) >= 11 is 0. The monoisotopic (exact) mass is 318 g/mol. The molecule has 124 valence electrons. The second-order valence-corrected chi connectivity index (χ2v) is 5.23. The molecule has 0 spiro atoms. The van der Waals surface area contributed by atoms with E-state index in [0.29, 0.717) is 18.9 Å². The van der Waals surface area contributed by atoms with Crippen LogP contribution in [0.1, 0.15) is 29.9 Å². The third kappa shape index (κ3) is 4.07. The SMILES string of the molecule is CCOC(=O)c1n[nH]nc1-c1ccc(OCC)c(CN(C)C)c1. The van der Waals surface area contributed by atoms with Crippen molar-refractivity contribution in [2.75, 3.05) is 27.3 Å². The van der Waals surface area contributed by atoms with Gasteiger partial charge in [0.15, 0.2) is 5.69 Å². The second kappa shape index (κ2) is 7.73. The van der Waals surface area contributed by atoms with Crippen LogP contribution in [-0.2, 0) is 11.3 Å². The minimum Gasteiger partial charge on any atom is -0.494 e. The number of carbonyl (C=O) groups is 1.